The second kappa shape index (κ2) is 17.4. The monoisotopic (exact) mass is 504 g/mol. The first-order valence-electron chi connectivity index (χ1n) is 9.16. The van der Waals surface area contributed by atoms with E-state index in [9.17, 15) is 4.79 Å². The fourth-order valence-electron chi connectivity index (χ4n) is 2.00. The first-order chi connectivity index (χ1) is 13.1. The molecule has 0 aliphatic carbocycles. The Hall–Kier alpha value is -1.65. The fraction of sp³-hybridized carbons (Fsp3) is 0.500. The van der Waals surface area contributed by atoms with Crippen molar-refractivity contribution < 1.29 is 14.3 Å². The molecule has 0 aromatic heterocycles. The van der Waals surface area contributed by atoms with Crippen molar-refractivity contribution in [1.82, 2.24) is 15.5 Å². The topological polar surface area (TPSA) is 75.2 Å². The van der Waals surface area contributed by atoms with Crippen LogP contribution < -0.4 is 10.6 Å². The Labute approximate surface area is 185 Å². The minimum Gasteiger partial charge on any atom is -0.379 e. The molecule has 0 unspecified atom stereocenters. The summed E-state index contributed by atoms with van der Waals surface area (Å²) in [7, 11) is 3.42. The Balaban J connectivity index is 0.00000729. The number of carbonyl (C=O) groups excluding carboxylic acids is 1. The Kier molecular flexibility index (Phi) is 16.4. The summed E-state index contributed by atoms with van der Waals surface area (Å²) in [5, 5.41) is 6.27. The van der Waals surface area contributed by atoms with Crippen LogP contribution in [0.1, 0.15) is 12.0 Å². The molecule has 0 bridgehead atoms. The van der Waals surface area contributed by atoms with Crippen LogP contribution >= 0.6 is 24.0 Å². The summed E-state index contributed by atoms with van der Waals surface area (Å²) in [6, 6.07) is 10.1. The van der Waals surface area contributed by atoms with Gasteiger partial charge < -0.3 is 25.0 Å². The lowest BCUT2D eigenvalue weighted by Crippen LogP contribution is -2.39. The molecular weight excluding hydrogens is 471 g/mol. The quantitative estimate of drug-likeness (QED) is 0.141. The van der Waals surface area contributed by atoms with Crippen LogP contribution in [-0.2, 0) is 20.9 Å². The molecule has 0 atom stereocenters. The van der Waals surface area contributed by atoms with Gasteiger partial charge in [0.15, 0.2) is 5.96 Å². The van der Waals surface area contributed by atoms with Gasteiger partial charge in [0, 0.05) is 33.8 Å². The van der Waals surface area contributed by atoms with Crippen molar-refractivity contribution in [1.29, 1.82) is 0 Å². The highest BCUT2D eigenvalue weighted by atomic mass is 127. The van der Waals surface area contributed by atoms with Crippen molar-refractivity contribution in [2.45, 2.75) is 13.0 Å². The molecule has 28 heavy (non-hydrogen) atoms. The molecule has 1 aromatic carbocycles. The van der Waals surface area contributed by atoms with E-state index in [4.69, 9.17) is 9.47 Å². The highest BCUT2D eigenvalue weighted by Crippen LogP contribution is 2.00. The lowest BCUT2D eigenvalue weighted by atomic mass is 10.2. The largest absolute Gasteiger partial charge is 0.379 e. The Morgan fingerprint density at radius 3 is 2.54 bits per heavy atom. The fourth-order valence-corrected chi connectivity index (χ4v) is 2.00. The van der Waals surface area contributed by atoms with Crippen LogP contribution in [-0.4, -0.2) is 70.3 Å². The van der Waals surface area contributed by atoms with Gasteiger partial charge in [-0.1, -0.05) is 36.4 Å². The van der Waals surface area contributed by atoms with Crippen molar-refractivity contribution >= 4 is 35.8 Å². The number of benzene rings is 1. The van der Waals surface area contributed by atoms with E-state index < -0.39 is 0 Å². The van der Waals surface area contributed by atoms with Gasteiger partial charge >= 0.3 is 0 Å². The van der Waals surface area contributed by atoms with E-state index in [0.717, 1.165) is 12.0 Å². The second-order valence-electron chi connectivity index (χ2n) is 6.05. The van der Waals surface area contributed by atoms with Gasteiger partial charge in [-0.25, -0.2) is 4.99 Å². The average molecular weight is 504 g/mol. The van der Waals surface area contributed by atoms with Crippen molar-refractivity contribution in [3.8, 4) is 0 Å². The molecule has 0 saturated heterocycles. The van der Waals surface area contributed by atoms with Crippen LogP contribution in [0.15, 0.2) is 48.0 Å². The number of ether oxygens (including phenoxy) is 2. The third-order valence-electron chi connectivity index (χ3n) is 3.53. The summed E-state index contributed by atoms with van der Waals surface area (Å²) in [6.45, 7) is 7.43. The maximum atomic E-state index is 11.6. The highest BCUT2D eigenvalue weighted by Gasteiger charge is 2.03. The van der Waals surface area contributed by atoms with Crippen molar-refractivity contribution in [2.24, 2.45) is 4.99 Å². The molecule has 0 spiro atoms. The second-order valence-corrected chi connectivity index (χ2v) is 6.05. The molecule has 8 heteroatoms. The Morgan fingerprint density at radius 2 is 1.86 bits per heavy atom. The number of nitrogens with one attached hydrogen (secondary N) is 2. The maximum Gasteiger partial charge on any atom is 0.243 e. The number of amides is 1. The third-order valence-corrected chi connectivity index (χ3v) is 3.53. The number of likely N-dealkylation sites (N-methyl/N-ethyl adjacent to an activating group) is 1. The minimum atomic E-state index is -0.0476. The first kappa shape index (κ1) is 26.4. The predicted octanol–water partition coefficient (Wildman–Crippen LogP) is 2.04. The molecule has 0 aliphatic rings. The number of nitrogens with zero attached hydrogens (tertiary/aromatic N) is 2. The Morgan fingerprint density at radius 1 is 1.14 bits per heavy atom. The van der Waals surface area contributed by atoms with E-state index in [1.54, 1.807) is 20.2 Å². The van der Waals surface area contributed by atoms with E-state index in [1.165, 1.54) is 4.90 Å². The number of carbonyl (C=O) groups is 1. The molecule has 0 fully saturated rings. The zero-order chi connectivity index (χ0) is 19.7. The molecule has 1 aromatic rings. The summed E-state index contributed by atoms with van der Waals surface area (Å²) < 4.78 is 11.1. The number of guanidine groups is 1. The van der Waals surface area contributed by atoms with Crippen LogP contribution in [0.3, 0.4) is 0 Å². The average Bonchev–Trinajstić information content (AvgIpc) is 2.68. The van der Waals surface area contributed by atoms with Crippen molar-refractivity contribution in [3.05, 3.63) is 48.6 Å². The summed E-state index contributed by atoms with van der Waals surface area (Å²) in [6.07, 6.45) is 2.57. The lowest BCUT2D eigenvalue weighted by Gasteiger charge is -2.13. The molecular formula is C20H33IN4O3. The first-order valence-corrected chi connectivity index (χ1v) is 9.16. The Bertz CT molecular complexity index is 568. The minimum absolute atomic E-state index is 0. The molecule has 0 aliphatic heterocycles. The maximum absolute atomic E-state index is 11.6. The summed E-state index contributed by atoms with van der Waals surface area (Å²) in [5.41, 5.74) is 1.16. The van der Waals surface area contributed by atoms with E-state index >= 15 is 0 Å². The van der Waals surface area contributed by atoms with Gasteiger partial charge in [0.1, 0.15) is 6.54 Å². The summed E-state index contributed by atoms with van der Waals surface area (Å²) in [5.74, 6) is 0.546. The number of hydrogen-bond donors (Lipinski definition) is 2. The number of aliphatic imine (C=N–C) groups is 1. The molecule has 0 saturated carbocycles. The molecule has 1 rings (SSSR count). The summed E-state index contributed by atoms with van der Waals surface area (Å²) in [4.78, 5) is 17.4. The lowest BCUT2D eigenvalue weighted by molar-refractivity contribution is -0.127. The third kappa shape index (κ3) is 13.5. The van der Waals surface area contributed by atoms with E-state index in [-0.39, 0.29) is 36.4 Å². The van der Waals surface area contributed by atoms with Gasteiger partial charge in [-0.3, -0.25) is 4.79 Å². The van der Waals surface area contributed by atoms with Gasteiger partial charge in [0.25, 0.3) is 0 Å². The van der Waals surface area contributed by atoms with Crippen LogP contribution in [0.25, 0.3) is 0 Å². The number of rotatable bonds is 13. The van der Waals surface area contributed by atoms with E-state index in [0.29, 0.717) is 45.5 Å². The zero-order valence-electron chi connectivity index (χ0n) is 16.9. The molecule has 0 heterocycles. The van der Waals surface area contributed by atoms with Gasteiger partial charge in [-0.15, -0.1) is 30.6 Å². The van der Waals surface area contributed by atoms with Crippen molar-refractivity contribution in [3.63, 3.8) is 0 Å². The van der Waals surface area contributed by atoms with Gasteiger partial charge in [0.05, 0.1) is 19.8 Å². The van der Waals surface area contributed by atoms with Crippen LogP contribution in [0.4, 0.5) is 0 Å². The highest BCUT2D eigenvalue weighted by molar-refractivity contribution is 14.0. The van der Waals surface area contributed by atoms with E-state index in [1.807, 2.05) is 30.3 Å². The van der Waals surface area contributed by atoms with E-state index in [2.05, 4.69) is 22.2 Å². The van der Waals surface area contributed by atoms with Gasteiger partial charge in [0.2, 0.25) is 5.91 Å². The van der Waals surface area contributed by atoms with Crippen molar-refractivity contribution in [2.75, 3.05) is 53.6 Å². The van der Waals surface area contributed by atoms with Crippen LogP contribution in [0.2, 0.25) is 0 Å². The van der Waals surface area contributed by atoms with Gasteiger partial charge in [-0.2, -0.15) is 0 Å². The van der Waals surface area contributed by atoms with Crippen LogP contribution in [0.5, 0.6) is 0 Å². The predicted molar refractivity (Wildman–Crippen MR) is 124 cm³/mol. The molecule has 7 nitrogen and oxygen atoms in total. The molecule has 1 amide bonds. The summed E-state index contributed by atoms with van der Waals surface area (Å²) >= 11 is 0. The van der Waals surface area contributed by atoms with Gasteiger partial charge in [-0.05, 0) is 12.0 Å². The van der Waals surface area contributed by atoms with Crippen LogP contribution in [0, 0.1) is 0 Å². The molecule has 158 valence electrons. The molecule has 2 N–H and O–H groups in total. The number of hydrogen-bond acceptors (Lipinski definition) is 4. The molecule has 0 radical (unpaired) electrons. The zero-order valence-corrected chi connectivity index (χ0v) is 19.2. The SMILES string of the molecule is C=CCNC(=NCC(=O)N(C)C)NCCCOCCOCc1ccccc1.I. The standard InChI is InChI=1S/C20H32N4O3.HI/c1-4-11-21-20(23-16-19(25)24(2)3)22-12-8-13-26-14-15-27-17-18-9-6-5-7-10-18;/h4-7,9-10H,1,8,11-17H2,2-3H3,(H2,21,22,23);1H. The number of halogens is 1. The smallest absolute Gasteiger partial charge is 0.243 e. The normalized spacial score (nSPS) is 10.7.